The first kappa shape index (κ1) is 18.5. The molecule has 0 aliphatic rings. The lowest BCUT2D eigenvalue weighted by molar-refractivity contribution is 0.303. The molecule has 0 fully saturated rings. The van der Waals surface area contributed by atoms with Crippen molar-refractivity contribution in [3.8, 4) is 5.75 Å². The van der Waals surface area contributed by atoms with E-state index in [1.807, 2.05) is 49.4 Å². The minimum atomic E-state index is 0.465. The molecule has 0 aliphatic heterocycles. The third-order valence-electron chi connectivity index (χ3n) is 4.56. The summed E-state index contributed by atoms with van der Waals surface area (Å²) in [5.74, 6) is 1.60. The topological polar surface area (TPSA) is 54.9 Å². The van der Waals surface area contributed by atoms with Crippen LogP contribution in [0.5, 0.6) is 5.75 Å². The van der Waals surface area contributed by atoms with Crippen molar-refractivity contribution in [3.05, 3.63) is 87.4 Å². The van der Waals surface area contributed by atoms with E-state index in [9.17, 15) is 0 Å². The normalized spacial score (nSPS) is 10.9. The van der Waals surface area contributed by atoms with Crippen LogP contribution in [0.3, 0.4) is 0 Å². The van der Waals surface area contributed by atoms with E-state index < -0.39 is 0 Å². The van der Waals surface area contributed by atoms with Gasteiger partial charge in [-0.3, -0.25) is 5.10 Å². The molecule has 1 aromatic heterocycles. The summed E-state index contributed by atoms with van der Waals surface area (Å²) in [6, 6.07) is 20.0. The van der Waals surface area contributed by atoms with Gasteiger partial charge in [0.1, 0.15) is 18.2 Å². The van der Waals surface area contributed by atoms with Crippen molar-refractivity contribution < 1.29 is 4.74 Å². The standard InChI is InChI=1S/C21H19ClN4OS/c1-14-24-25-21(28)26(14)23-12-19-18-5-3-2-4-16(18)8-11-20(19)27-13-15-6-9-17(22)10-7-15/h2-11,23H,12-13H2,1H3,(H,25,28). The highest BCUT2D eigenvalue weighted by Crippen LogP contribution is 2.29. The predicted octanol–water partition coefficient (Wildman–Crippen LogP) is 5.38. The third kappa shape index (κ3) is 3.88. The molecule has 0 amide bonds. The molecule has 5 nitrogen and oxygen atoms in total. The average molecular weight is 411 g/mol. The summed E-state index contributed by atoms with van der Waals surface area (Å²) in [4.78, 5) is 0. The highest BCUT2D eigenvalue weighted by molar-refractivity contribution is 7.71. The predicted molar refractivity (Wildman–Crippen MR) is 115 cm³/mol. The molecule has 0 radical (unpaired) electrons. The van der Waals surface area contributed by atoms with Crippen LogP contribution in [0.15, 0.2) is 60.7 Å². The maximum absolute atomic E-state index is 6.16. The molecular formula is C21H19ClN4OS. The minimum Gasteiger partial charge on any atom is -0.489 e. The Balaban J connectivity index is 1.64. The van der Waals surface area contributed by atoms with Gasteiger partial charge in [0.15, 0.2) is 0 Å². The summed E-state index contributed by atoms with van der Waals surface area (Å²) in [5, 5.41) is 9.93. The molecule has 0 spiro atoms. The van der Waals surface area contributed by atoms with Gasteiger partial charge in [-0.1, -0.05) is 54.1 Å². The average Bonchev–Trinajstić information content (AvgIpc) is 3.03. The molecule has 0 saturated carbocycles. The molecule has 3 aromatic carbocycles. The molecule has 7 heteroatoms. The highest BCUT2D eigenvalue weighted by atomic mass is 35.5. The number of H-pyrrole nitrogens is 1. The van der Waals surface area contributed by atoms with E-state index in [1.54, 1.807) is 4.68 Å². The van der Waals surface area contributed by atoms with Gasteiger partial charge in [-0.25, -0.2) is 4.68 Å². The number of aromatic amines is 1. The summed E-state index contributed by atoms with van der Waals surface area (Å²) in [6.07, 6.45) is 0. The molecule has 0 bridgehead atoms. The van der Waals surface area contributed by atoms with Gasteiger partial charge in [0.25, 0.3) is 0 Å². The van der Waals surface area contributed by atoms with E-state index >= 15 is 0 Å². The molecule has 28 heavy (non-hydrogen) atoms. The van der Waals surface area contributed by atoms with Crippen LogP contribution in [-0.2, 0) is 13.2 Å². The lowest BCUT2D eigenvalue weighted by Gasteiger charge is -2.16. The first-order chi connectivity index (χ1) is 13.6. The molecule has 4 rings (SSSR count). The van der Waals surface area contributed by atoms with Gasteiger partial charge >= 0.3 is 0 Å². The van der Waals surface area contributed by atoms with Gasteiger partial charge < -0.3 is 10.2 Å². The van der Waals surface area contributed by atoms with E-state index in [0.29, 0.717) is 22.9 Å². The lowest BCUT2D eigenvalue weighted by atomic mass is 10.0. The molecular weight excluding hydrogens is 392 g/mol. The summed E-state index contributed by atoms with van der Waals surface area (Å²) >= 11 is 11.3. The van der Waals surface area contributed by atoms with E-state index in [1.165, 1.54) is 0 Å². The van der Waals surface area contributed by atoms with Crippen LogP contribution in [0.25, 0.3) is 10.8 Å². The number of ether oxygens (including phenoxy) is 1. The van der Waals surface area contributed by atoms with Crippen molar-refractivity contribution in [1.29, 1.82) is 0 Å². The molecule has 0 aliphatic carbocycles. The number of hydrogen-bond acceptors (Lipinski definition) is 4. The quantitative estimate of drug-likeness (QED) is 0.419. The van der Waals surface area contributed by atoms with Gasteiger partial charge in [-0.2, -0.15) is 5.10 Å². The number of aromatic nitrogens is 3. The fraction of sp³-hybridized carbons (Fsp3) is 0.143. The van der Waals surface area contributed by atoms with Crippen LogP contribution in [0.2, 0.25) is 5.02 Å². The molecule has 0 saturated heterocycles. The zero-order chi connectivity index (χ0) is 19.5. The minimum absolute atomic E-state index is 0.465. The van der Waals surface area contributed by atoms with Crippen LogP contribution < -0.4 is 10.2 Å². The monoisotopic (exact) mass is 410 g/mol. The molecule has 2 N–H and O–H groups in total. The van der Waals surface area contributed by atoms with E-state index in [2.05, 4.69) is 33.8 Å². The Morgan fingerprint density at radius 1 is 1.11 bits per heavy atom. The number of halogens is 1. The fourth-order valence-corrected chi connectivity index (χ4v) is 3.46. The Hall–Kier alpha value is -2.83. The second-order valence-electron chi connectivity index (χ2n) is 6.42. The Morgan fingerprint density at radius 2 is 1.89 bits per heavy atom. The van der Waals surface area contributed by atoms with Crippen LogP contribution >= 0.6 is 23.8 Å². The fourth-order valence-electron chi connectivity index (χ4n) is 3.10. The number of benzene rings is 3. The maximum atomic E-state index is 6.16. The molecule has 0 unspecified atom stereocenters. The first-order valence-corrected chi connectivity index (χ1v) is 9.66. The zero-order valence-corrected chi connectivity index (χ0v) is 16.8. The van der Waals surface area contributed by atoms with Crippen molar-refractivity contribution in [3.63, 3.8) is 0 Å². The number of rotatable bonds is 6. The van der Waals surface area contributed by atoms with Crippen LogP contribution in [0, 0.1) is 11.7 Å². The number of nitrogens with one attached hydrogen (secondary N) is 2. The van der Waals surface area contributed by atoms with Crippen molar-refractivity contribution in [2.75, 3.05) is 5.43 Å². The SMILES string of the molecule is Cc1n[nH]c(=S)n1NCc1c(OCc2ccc(Cl)cc2)ccc2ccccc12. The Bertz CT molecular complexity index is 1170. The number of aryl methyl sites for hydroxylation is 1. The van der Waals surface area contributed by atoms with Gasteiger partial charge in [0, 0.05) is 10.6 Å². The largest absolute Gasteiger partial charge is 0.489 e. The first-order valence-electron chi connectivity index (χ1n) is 8.87. The van der Waals surface area contributed by atoms with Crippen molar-refractivity contribution >= 4 is 34.6 Å². The highest BCUT2D eigenvalue weighted by Gasteiger charge is 2.10. The maximum Gasteiger partial charge on any atom is 0.214 e. The van der Waals surface area contributed by atoms with Crippen molar-refractivity contribution in [1.82, 2.24) is 14.9 Å². The Kier molecular flexibility index (Phi) is 5.32. The van der Waals surface area contributed by atoms with E-state index in [-0.39, 0.29) is 0 Å². The molecule has 1 heterocycles. The van der Waals surface area contributed by atoms with Gasteiger partial charge in [-0.05, 0) is 53.7 Å². The number of hydrogen-bond donors (Lipinski definition) is 2. The summed E-state index contributed by atoms with van der Waals surface area (Å²) in [6.45, 7) is 2.90. The number of fused-ring (bicyclic) bond motifs is 1. The second-order valence-corrected chi connectivity index (χ2v) is 7.25. The van der Waals surface area contributed by atoms with Crippen LogP contribution in [0.4, 0.5) is 0 Å². The van der Waals surface area contributed by atoms with Gasteiger partial charge in [0.05, 0.1) is 6.54 Å². The Labute approximate surface area is 172 Å². The van der Waals surface area contributed by atoms with Gasteiger partial charge in [-0.15, -0.1) is 0 Å². The van der Waals surface area contributed by atoms with Crippen molar-refractivity contribution in [2.45, 2.75) is 20.1 Å². The zero-order valence-electron chi connectivity index (χ0n) is 15.3. The third-order valence-corrected chi connectivity index (χ3v) is 5.09. The summed E-state index contributed by atoms with van der Waals surface area (Å²) in [7, 11) is 0. The Morgan fingerprint density at radius 3 is 2.64 bits per heavy atom. The van der Waals surface area contributed by atoms with Crippen LogP contribution in [-0.4, -0.2) is 14.9 Å². The van der Waals surface area contributed by atoms with E-state index in [4.69, 9.17) is 28.6 Å². The van der Waals surface area contributed by atoms with Gasteiger partial charge in [0.2, 0.25) is 4.77 Å². The molecule has 4 aromatic rings. The molecule has 142 valence electrons. The lowest BCUT2D eigenvalue weighted by Crippen LogP contribution is -2.17. The summed E-state index contributed by atoms with van der Waals surface area (Å²) < 4.78 is 8.45. The van der Waals surface area contributed by atoms with E-state index in [0.717, 1.165) is 33.5 Å². The van der Waals surface area contributed by atoms with Crippen LogP contribution in [0.1, 0.15) is 17.0 Å². The number of nitrogens with zero attached hydrogens (tertiary/aromatic N) is 2. The molecule has 0 atom stereocenters. The van der Waals surface area contributed by atoms with Crippen molar-refractivity contribution in [2.24, 2.45) is 0 Å². The summed E-state index contributed by atoms with van der Waals surface area (Å²) in [5.41, 5.74) is 5.46. The smallest absolute Gasteiger partial charge is 0.214 e. The second kappa shape index (κ2) is 8.04.